The van der Waals surface area contributed by atoms with Gasteiger partial charge in [-0.3, -0.25) is 0 Å². The minimum absolute atomic E-state index is 0.0800. The van der Waals surface area contributed by atoms with Crippen molar-refractivity contribution in [2.24, 2.45) is 0 Å². The third-order valence-corrected chi connectivity index (χ3v) is 2.93. The van der Waals surface area contributed by atoms with Gasteiger partial charge in [-0.15, -0.1) is 0 Å². The largest absolute Gasteiger partial charge is 0.513 e. The van der Waals surface area contributed by atoms with E-state index in [4.69, 9.17) is 9.47 Å². The second-order valence-corrected chi connectivity index (χ2v) is 4.57. The molecule has 18 heavy (non-hydrogen) atoms. The zero-order valence-electron chi connectivity index (χ0n) is 10.2. The highest BCUT2D eigenvalue weighted by Gasteiger charge is 2.30. The molecule has 0 amide bonds. The maximum Gasteiger partial charge on any atom is 0.513 e. The lowest BCUT2D eigenvalue weighted by Crippen LogP contribution is -2.38. The molecule has 1 aliphatic rings. The van der Waals surface area contributed by atoms with Crippen molar-refractivity contribution in [1.82, 2.24) is 0 Å². The smallest absolute Gasteiger partial charge is 0.491 e. The summed E-state index contributed by atoms with van der Waals surface area (Å²) in [6.45, 7) is -2.40. The van der Waals surface area contributed by atoms with Gasteiger partial charge in [-0.25, -0.2) is 0 Å². The zero-order chi connectivity index (χ0) is 13.2. The van der Waals surface area contributed by atoms with Gasteiger partial charge in [0.2, 0.25) is 0 Å². The molecule has 2 nitrogen and oxygen atoms in total. The van der Waals surface area contributed by atoms with Gasteiger partial charge < -0.3 is 22.4 Å². The number of hydrogen-bond donors (Lipinski definition) is 0. The van der Waals surface area contributed by atoms with Crippen LogP contribution >= 0.6 is 0 Å². The summed E-state index contributed by atoms with van der Waals surface area (Å²) in [4.78, 5) is 0. The number of hydrogen-bond acceptors (Lipinski definition) is 2. The fourth-order valence-electron chi connectivity index (χ4n) is 2.01. The van der Waals surface area contributed by atoms with Crippen molar-refractivity contribution in [1.29, 1.82) is 0 Å². The summed E-state index contributed by atoms with van der Waals surface area (Å²) in [6.07, 6.45) is 1.28. The molecule has 0 bridgehead atoms. The fraction of sp³-hybridized carbons (Fsp3) is 0.500. The molecule has 0 aliphatic carbocycles. The molecule has 1 heterocycles. The molecule has 0 radical (unpaired) electrons. The van der Waals surface area contributed by atoms with Gasteiger partial charge in [0.05, 0.1) is 12.4 Å². The fourth-order valence-corrected chi connectivity index (χ4v) is 2.01. The van der Waals surface area contributed by atoms with Crippen molar-refractivity contribution in [3.63, 3.8) is 0 Å². The van der Waals surface area contributed by atoms with Gasteiger partial charge in [0.25, 0.3) is 0 Å². The first-order valence-corrected chi connectivity index (χ1v) is 6.02. The first-order valence-electron chi connectivity index (χ1n) is 6.02. The van der Waals surface area contributed by atoms with Crippen molar-refractivity contribution in [3.05, 3.63) is 23.8 Å². The molecule has 1 atom stereocenters. The van der Waals surface area contributed by atoms with Crippen LogP contribution in [-0.4, -0.2) is 26.3 Å². The van der Waals surface area contributed by atoms with Gasteiger partial charge in [-0.05, 0) is 25.8 Å². The van der Waals surface area contributed by atoms with Crippen molar-refractivity contribution in [2.75, 3.05) is 13.2 Å². The van der Waals surface area contributed by atoms with Gasteiger partial charge in [0.15, 0.2) is 0 Å². The monoisotopic (exact) mass is 259 g/mol. The van der Waals surface area contributed by atoms with Crippen molar-refractivity contribution < 1.29 is 22.4 Å². The summed E-state index contributed by atoms with van der Waals surface area (Å²) in [5.41, 5.74) is -0.0722. The van der Waals surface area contributed by atoms with Crippen molar-refractivity contribution in [2.45, 2.75) is 25.9 Å². The molecule has 1 aromatic rings. The summed E-state index contributed by atoms with van der Waals surface area (Å²) < 4.78 is 49.4. The molecule has 0 spiro atoms. The third kappa shape index (κ3) is 3.19. The molecule has 6 heteroatoms. The van der Waals surface area contributed by atoms with E-state index in [1.54, 1.807) is 13.0 Å². The normalized spacial score (nSPS) is 20.8. The summed E-state index contributed by atoms with van der Waals surface area (Å²) in [5.74, 6) is -0.0800. The summed E-state index contributed by atoms with van der Waals surface area (Å²) in [7, 11) is 0. The lowest BCUT2D eigenvalue weighted by atomic mass is 9.78. The van der Waals surface area contributed by atoms with Crippen LogP contribution in [0, 0.1) is 6.92 Å². The Morgan fingerprint density at radius 3 is 2.72 bits per heavy atom. The molecule has 2 rings (SSSR count). The Morgan fingerprint density at radius 1 is 1.33 bits per heavy atom. The second-order valence-electron chi connectivity index (χ2n) is 4.57. The van der Waals surface area contributed by atoms with E-state index in [1.807, 2.05) is 0 Å². The minimum Gasteiger partial charge on any atom is -0.491 e. The Morgan fingerprint density at radius 2 is 2.11 bits per heavy atom. The lowest BCUT2D eigenvalue weighted by molar-refractivity contribution is 0.00775. The first kappa shape index (κ1) is 13.3. The molecule has 1 saturated heterocycles. The van der Waals surface area contributed by atoms with E-state index in [-0.39, 0.29) is 11.9 Å². The van der Waals surface area contributed by atoms with E-state index < -0.39 is 12.4 Å². The molecule has 0 N–H and O–H groups in total. The van der Waals surface area contributed by atoms with Crippen molar-refractivity contribution in [3.8, 4) is 5.75 Å². The second kappa shape index (κ2) is 5.22. The van der Waals surface area contributed by atoms with Crippen LogP contribution in [0.1, 0.15) is 18.4 Å². The Kier molecular flexibility index (Phi) is 3.85. The Balaban J connectivity index is 2.21. The van der Waals surface area contributed by atoms with Gasteiger partial charge in [0.1, 0.15) is 6.10 Å². The van der Waals surface area contributed by atoms with Crippen LogP contribution in [0.3, 0.4) is 0 Å². The van der Waals surface area contributed by atoms with Crippen molar-refractivity contribution >= 4 is 12.4 Å². The minimum atomic E-state index is -5.05. The van der Waals surface area contributed by atoms with Crippen LogP contribution in [0.15, 0.2) is 18.2 Å². The maximum atomic E-state index is 12.9. The van der Waals surface area contributed by atoms with Gasteiger partial charge in [-0.2, -0.15) is 0 Å². The van der Waals surface area contributed by atoms with Crippen LogP contribution in [-0.2, 0) is 4.74 Å². The average molecular weight is 259 g/mol. The van der Waals surface area contributed by atoms with Crippen LogP contribution in [0.4, 0.5) is 12.9 Å². The van der Waals surface area contributed by atoms with Gasteiger partial charge in [0, 0.05) is 6.61 Å². The number of rotatable bonds is 3. The SMILES string of the molecule is Cc1ccc(OC2CCCOC2)c([B-](F)(F)F)c1. The van der Waals surface area contributed by atoms with Crippen LogP contribution in [0.2, 0.25) is 0 Å². The molecule has 100 valence electrons. The first-order chi connectivity index (χ1) is 8.47. The highest BCUT2D eigenvalue weighted by molar-refractivity contribution is 6.74. The average Bonchev–Trinajstić information content (AvgIpc) is 2.31. The molecule has 1 aromatic carbocycles. The third-order valence-electron chi connectivity index (χ3n) is 2.93. The van der Waals surface area contributed by atoms with Gasteiger partial charge in [-0.1, -0.05) is 23.2 Å². The molecule has 0 aromatic heterocycles. The molecule has 1 fully saturated rings. The zero-order valence-corrected chi connectivity index (χ0v) is 10.2. The highest BCUT2D eigenvalue weighted by Crippen LogP contribution is 2.22. The number of benzene rings is 1. The predicted octanol–water partition coefficient (Wildman–Crippen LogP) is 2.61. The Hall–Kier alpha value is -1.17. The number of halogens is 3. The molecule has 1 unspecified atom stereocenters. The summed E-state index contributed by atoms with van der Waals surface area (Å²) >= 11 is 0. The quantitative estimate of drug-likeness (QED) is 0.777. The van der Waals surface area contributed by atoms with Crippen LogP contribution < -0.4 is 10.2 Å². The van der Waals surface area contributed by atoms with Crippen LogP contribution in [0.25, 0.3) is 0 Å². The number of aryl methyl sites for hydroxylation is 1. The molecular weight excluding hydrogens is 244 g/mol. The highest BCUT2D eigenvalue weighted by atomic mass is 19.4. The van der Waals surface area contributed by atoms with E-state index in [9.17, 15) is 12.9 Å². The lowest BCUT2D eigenvalue weighted by Gasteiger charge is -2.27. The van der Waals surface area contributed by atoms with E-state index in [1.165, 1.54) is 6.07 Å². The number of ether oxygens (including phenoxy) is 2. The predicted molar refractivity (Wildman–Crippen MR) is 64.4 cm³/mol. The Bertz CT molecular complexity index is 414. The Labute approximate surface area is 104 Å². The maximum absolute atomic E-state index is 12.9. The summed E-state index contributed by atoms with van der Waals surface area (Å²) in [6, 6.07) is 4.16. The van der Waals surface area contributed by atoms with Gasteiger partial charge >= 0.3 is 6.98 Å². The standard InChI is InChI=1S/C12H15BF3O2/c1-9-4-5-12(11(7-9)13(14,15)16)18-10-3-2-6-17-8-10/h4-5,7,10H,2-3,6,8H2,1H3/q-1. The topological polar surface area (TPSA) is 18.5 Å². The molecular formula is C12H15BF3O2-. The van der Waals surface area contributed by atoms with E-state index >= 15 is 0 Å². The van der Waals surface area contributed by atoms with E-state index in [0.29, 0.717) is 18.8 Å². The molecule has 1 aliphatic heterocycles. The summed E-state index contributed by atoms with van der Waals surface area (Å²) in [5, 5.41) is 0. The van der Waals surface area contributed by atoms with Crippen LogP contribution in [0.5, 0.6) is 5.75 Å². The molecule has 0 saturated carbocycles. The van der Waals surface area contributed by atoms with E-state index in [0.717, 1.165) is 18.9 Å². The van der Waals surface area contributed by atoms with E-state index in [2.05, 4.69) is 0 Å².